The van der Waals surface area contributed by atoms with Crippen molar-refractivity contribution >= 4 is 29.1 Å². The van der Waals surface area contributed by atoms with Crippen LogP contribution in [0.2, 0.25) is 5.02 Å². The Balaban J connectivity index is 2.27. The number of carbonyl (C=O) groups is 1. The van der Waals surface area contributed by atoms with Crippen LogP contribution in [0.5, 0.6) is 0 Å². The van der Waals surface area contributed by atoms with Crippen molar-refractivity contribution in [3.8, 4) is 0 Å². The van der Waals surface area contributed by atoms with Crippen LogP contribution in [-0.4, -0.2) is 29.3 Å². The van der Waals surface area contributed by atoms with Gasteiger partial charge in [0.25, 0.3) is 5.91 Å². The molecule has 0 bridgehead atoms. The Labute approximate surface area is 103 Å². The van der Waals surface area contributed by atoms with Gasteiger partial charge in [-0.3, -0.25) is 4.79 Å². The number of hydrogen-bond donors (Lipinski definition) is 0. The summed E-state index contributed by atoms with van der Waals surface area (Å²) in [5, 5.41) is 0.0949. The lowest BCUT2D eigenvalue weighted by molar-refractivity contribution is 0.0788. The number of alkyl halides is 1. The van der Waals surface area contributed by atoms with Gasteiger partial charge in [0.1, 0.15) is 5.82 Å². The lowest BCUT2D eigenvalue weighted by atomic mass is 10.2. The van der Waals surface area contributed by atoms with Crippen LogP contribution in [0.25, 0.3) is 0 Å². The summed E-state index contributed by atoms with van der Waals surface area (Å²) in [5.41, 5.74) is -0.0602. The lowest BCUT2D eigenvalue weighted by Gasteiger charge is -2.16. The zero-order valence-corrected chi connectivity index (χ0v) is 9.93. The highest BCUT2D eigenvalue weighted by Crippen LogP contribution is 2.24. The van der Waals surface area contributed by atoms with Gasteiger partial charge in [0.15, 0.2) is 0 Å². The molecule has 1 amide bonds. The van der Waals surface area contributed by atoms with Gasteiger partial charge in [-0.2, -0.15) is 0 Å². The van der Waals surface area contributed by atoms with E-state index >= 15 is 0 Å². The maximum Gasteiger partial charge on any atom is 0.258 e. The van der Waals surface area contributed by atoms with Gasteiger partial charge >= 0.3 is 0 Å². The summed E-state index contributed by atoms with van der Waals surface area (Å²) in [6.07, 6.45) is 0.735. The highest BCUT2D eigenvalue weighted by Gasteiger charge is 2.28. The number of rotatable bonds is 1. The summed E-state index contributed by atoms with van der Waals surface area (Å²) in [6, 6.07) is 4.21. The Morgan fingerprint density at radius 1 is 1.50 bits per heavy atom. The highest BCUT2D eigenvalue weighted by molar-refractivity contribution is 6.33. The molecular formula is C11H10Cl2FNO. The molecule has 1 aliphatic rings. The van der Waals surface area contributed by atoms with Crippen molar-refractivity contribution in [3.63, 3.8) is 0 Å². The molecule has 1 heterocycles. The SMILES string of the molecule is O=C(c1c(F)cccc1Cl)N1CCC(Cl)C1. The van der Waals surface area contributed by atoms with Crippen molar-refractivity contribution in [1.29, 1.82) is 0 Å². The Morgan fingerprint density at radius 2 is 2.25 bits per heavy atom. The van der Waals surface area contributed by atoms with Crippen LogP contribution < -0.4 is 0 Å². The Morgan fingerprint density at radius 3 is 2.81 bits per heavy atom. The van der Waals surface area contributed by atoms with E-state index in [4.69, 9.17) is 23.2 Å². The summed E-state index contributed by atoms with van der Waals surface area (Å²) in [4.78, 5) is 13.5. The number of amides is 1. The molecule has 0 N–H and O–H groups in total. The van der Waals surface area contributed by atoms with Gasteiger partial charge in [0.05, 0.1) is 16.0 Å². The third kappa shape index (κ3) is 2.15. The largest absolute Gasteiger partial charge is 0.337 e. The molecule has 1 aromatic carbocycles. The predicted octanol–water partition coefficient (Wildman–Crippen LogP) is 2.93. The van der Waals surface area contributed by atoms with Gasteiger partial charge in [-0.1, -0.05) is 17.7 Å². The molecular weight excluding hydrogens is 252 g/mol. The van der Waals surface area contributed by atoms with E-state index in [1.807, 2.05) is 0 Å². The monoisotopic (exact) mass is 261 g/mol. The molecule has 1 saturated heterocycles. The molecule has 0 aromatic heterocycles. The number of halogens is 3. The number of carbonyl (C=O) groups excluding carboxylic acids is 1. The van der Waals surface area contributed by atoms with Gasteiger partial charge in [0, 0.05) is 13.1 Å². The zero-order valence-electron chi connectivity index (χ0n) is 8.42. The van der Waals surface area contributed by atoms with Crippen LogP contribution in [0, 0.1) is 5.82 Å². The maximum atomic E-state index is 13.5. The molecule has 86 valence electrons. The third-order valence-corrected chi connectivity index (χ3v) is 3.27. The summed E-state index contributed by atoms with van der Waals surface area (Å²) in [7, 11) is 0. The first kappa shape index (κ1) is 11.7. The van der Waals surface area contributed by atoms with Gasteiger partial charge in [-0.25, -0.2) is 4.39 Å². The molecule has 1 atom stereocenters. The Kier molecular flexibility index (Phi) is 3.36. The highest BCUT2D eigenvalue weighted by atomic mass is 35.5. The van der Waals surface area contributed by atoms with Crippen LogP contribution in [0.4, 0.5) is 4.39 Å². The van der Waals surface area contributed by atoms with Crippen molar-refractivity contribution in [2.45, 2.75) is 11.8 Å². The van der Waals surface area contributed by atoms with E-state index in [0.29, 0.717) is 13.1 Å². The quantitative estimate of drug-likeness (QED) is 0.712. The summed E-state index contributed by atoms with van der Waals surface area (Å²) in [6.45, 7) is 1.00. The minimum Gasteiger partial charge on any atom is -0.337 e. The second kappa shape index (κ2) is 4.60. The predicted molar refractivity (Wildman–Crippen MR) is 61.6 cm³/mol. The molecule has 2 rings (SSSR count). The van der Waals surface area contributed by atoms with Crippen LogP contribution >= 0.6 is 23.2 Å². The van der Waals surface area contributed by atoms with E-state index in [-0.39, 0.29) is 21.9 Å². The Hall–Kier alpha value is -0.800. The second-order valence-corrected chi connectivity index (χ2v) is 4.76. The molecule has 1 aliphatic heterocycles. The van der Waals surface area contributed by atoms with E-state index in [2.05, 4.69) is 0 Å². The van der Waals surface area contributed by atoms with Crippen molar-refractivity contribution in [3.05, 3.63) is 34.6 Å². The zero-order chi connectivity index (χ0) is 11.7. The van der Waals surface area contributed by atoms with Crippen LogP contribution in [0.1, 0.15) is 16.8 Å². The first-order valence-corrected chi connectivity index (χ1v) is 5.78. The van der Waals surface area contributed by atoms with Gasteiger partial charge in [-0.15, -0.1) is 11.6 Å². The molecule has 0 saturated carbocycles. The normalized spacial score (nSPS) is 20.2. The molecule has 5 heteroatoms. The molecule has 0 spiro atoms. The smallest absolute Gasteiger partial charge is 0.258 e. The van der Waals surface area contributed by atoms with E-state index in [1.165, 1.54) is 23.1 Å². The van der Waals surface area contributed by atoms with E-state index in [1.54, 1.807) is 0 Å². The minimum atomic E-state index is -0.587. The van der Waals surface area contributed by atoms with E-state index in [9.17, 15) is 9.18 Å². The number of nitrogens with zero attached hydrogens (tertiary/aromatic N) is 1. The summed E-state index contributed by atoms with van der Waals surface area (Å²) in [5.74, 6) is -0.971. The average Bonchev–Trinajstić information content (AvgIpc) is 2.64. The second-order valence-electron chi connectivity index (χ2n) is 3.73. The molecule has 1 aromatic rings. The summed E-state index contributed by atoms with van der Waals surface area (Å²) < 4.78 is 13.5. The molecule has 16 heavy (non-hydrogen) atoms. The molecule has 0 aliphatic carbocycles. The van der Waals surface area contributed by atoms with Crippen molar-refractivity contribution in [2.75, 3.05) is 13.1 Å². The van der Waals surface area contributed by atoms with Crippen LogP contribution in [0.15, 0.2) is 18.2 Å². The fourth-order valence-electron chi connectivity index (χ4n) is 1.76. The minimum absolute atomic E-state index is 0.0468. The first-order chi connectivity index (χ1) is 7.59. The molecule has 1 fully saturated rings. The molecule has 0 radical (unpaired) electrons. The number of benzene rings is 1. The number of hydrogen-bond acceptors (Lipinski definition) is 1. The topological polar surface area (TPSA) is 20.3 Å². The van der Waals surface area contributed by atoms with E-state index < -0.39 is 5.82 Å². The first-order valence-electron chi connectivity index (χ1n) is 4.97. The Bertz CT molecular complexity index is 404. The van der Waals surface area contributed by atoms with Crippen molar-refractivity contribution in [1.82, 2.24) is 4.90 Å². The van der Waals surface area contributed by atoms with Crippen LogP contribution in [0.3, 0.4) is 0 Å². The van der Waals surface area contributed by atoms with Gasteiger partial charge < -0.3 is 4.90 Å². The standard InChI is InChI=1S/C11H10Cl2FNO/c12-7-4-5-15(6-7)11(16)10-8(13)2-1-3-9(10)14/h1-3,7H,4-6H2. The van der Waals surface area contributed by atoms with E-state index in [0.717, 1.165) is 6.42 Å². The van der Waals surface area contributed by atoms with Crippen molar-refractivity contribution in [2.24, 2.45) is 0 Å². The maximum absolute atomic E-state index is 13.5. The third-order valence-electron chi connectivity index (χ3n) is 2.59. The van der Waals surface area contributed by atoms with Gasteiger partial charge in [-0.05, 0) is 18.6 Å². The molecule has 1 unspecified atom stereocenters. The average molecular weight is 262 g/mol. The van der Waals surface area contributed by atoms with Crippen LogP contribution in [-0.2, 0) is 0 Å². The summed E-state index contributed by atoms with van der Waals surface area (Å²) >= 11 is 11.7. The molecule has 2 nitrogen and oxygen atoms in total. The number of likely N-dealkylation sites (tertiary alicyclic amines) is 1. The van der Waals surface area contributed by atoms with Gasteiger partial charge in [0.2, 0.25) is 0 Å². The van der Waals surface area contributed by atoms with Crippen molar-refractivity contribution < 1.29 is 9.18 Å². The fraction of sp³-hybridized carbons (Fsp3) is 0.364. The fourth-order valence-corrected chi connectivity index (χ4v) is 2.27. The lowest BCUT2D eigenvalue weighted by Crippen LogP contribution is -2.29.